The first-order chi connectivity index (χ1) is 17.3. The number of ether oxygens (including phenoxy) is 1. The van der Waals surface area contributed by atoms with Crippen LogP contribution in [0.2, 0.25) is 0 Å². The van der Waals surface area contributed by atoms with E-state index in [1.165, 1.54) is 17.0 Å². The lowest BCUT2D eigenvalue weighted by Gasteiger charge is -2.39. The normalized spacial score (nSPS) is 23.2. The topological polar surface area (TPSA) is 82.2 Å². The van der Waals surface area contributed by atoms with Gasteiger partial charge in [-0.05, 0) is 67.6 Å². The molecule has 2 aromatic carbocycles. The van der Waals surface area contributed by atoms with Crippen LogP contribution >= 0.6 is 0 Å². The summed E-state index contributed by atoms with van der Waals surface area (Å²) in [7, 11) is 0. The lowest BCUT2D eigenvalue weighted by atomic mass is 9.78. The van der Waals surface area contributed by atoms with Gasteiger partial charge in [-0.15, -0.1) is 0 Å². The molecular weight excluding hydrogens is 463 g/mol. The highest BCUT2D eigenvalue weighted by atomic mass is 19.1. The largest absolute Gasteiger partial charge is 0.378 e. The number of piperidine rings is 1. The number of nitrogens with zero attached hydrogens (tertiary/aromatic N) is 3. The number of anilines is 1. The Labute approximate surface area is 210 Å². The first-order valence-electron chi connectivity index (χ1n) is 12.5. The lowest BCUT2D eigenvalue weighted by molar-refractivity contribution is -0.133. The van der Waals surface area contributed by atoms with E-state index in [2.05, 4.69) is 10.2 Å². The summed E-state index contributed by atoms with van der Waals surface area (Å²) in [5, 5.41) is 2.89. The number of benzene rings is 2. The summed E-state index contributed by atoms with van der Waals surface area (Å²) in [5.41, 5.74) is 1.39. The van der Waals surface area contributed by atoms with Crippen LogP contribution in [0.25, 0.3) is 0 Å². The van der Waals surface area contributed by atoms with E-state index in [1.807, 2.05) is 29.2 Å². The Morgan fingerprint density at radius 1 is 1.00 bits per heavy atom. The molecule has 1 atom stereocenters. The fraction of sp³-hybridized carbons (Fsp3) is 0.444. The van der Waals surface area contributed by atoms with E-state index in [-0.39, 0.29) is 30.1 Å². The van der Waals surface area contributed by atoms with E-state index in [1.54, 1.807) is 19.1 Å². The minimum absolute atomic E-state index is 0.0214. The van der Waals surface area contributed by atoms with Crippen molar-refractivity contribution in [3.05, 3.63) is 65.5 Å². The van der Waals surface area contributed by atoms with Crippen molar-refractivity contribution in [2.45, 2.75) is 31.8 Å². The van der Waals surface area contributed by atoms with Gasteiger partial charge in [0.05, 0.1) is 19.8 Å². The van der Waals surface area contributed by atoms with Gasteiger partial charge in [-0.2, -0.15) is 0 Å². The fourth-order valence-electron chi connectivity index (χ4n) is 5.39. The van der Waals surface area contributed by atoms with E-state index < -0.39 is 11.6 Å². The molecule has 3 fully saturated rings. The highest BCUT2D eigenvalue weighted by Gasteiger charge is 2.52. The van der Waals surface area contributed by atoms with Crippen LogP contribution < -0.4 is 10.2 Å². The molecule has 3 heterocycles. The number of carbonyl (C=O) groups is 3. The maximum Gasteiger partial charge on any atom is 0.325 e. The van der Waals surface area contributed by atoms with Crippen LogP contribution in [0, 0.1) is 11.7 Å². The molecule has 4 amide bonds. The highest BCUT2D eigenvalue weighted by Crippen LogP contribution is 2.34. The van der Waals surface area contributed by atoms with Crippen LogP contribution in [-0.2, 0) is 16.1 Å². The van der Waals surface area contributed by atoms with Crippen LogP contribution in [0.1, 0.15) is 35.7 Å². The molecular formula is C27H31FN4O4. The Kier molecular flexibility index (Phi) is 6.66. The molecule has 0 aliphatic carbocycles. The number of hydrogen-bond donors (Lipinski definition) is 1. The number of amides is 4. The van der Waals surface area contributed by atoms with Gasteiger partial charge in [0, 0.05) is 37.4 Å². The number of likely N-dealkylation sites (tertiary alicyclic amines) is 1. The maximum atomic E-state index is 13.3. The molecule has 0 bridgehead atoms. The van der Waals surface area contributed by atoms with Crippen molar-refractivity contribution in [2.75, 3.05) is 44.3 Å². The van der Waals surface area contributed by atoms with E-state index in [4.69, 9.17) is 4.74 Å². The quantitative estimate of drug-likeness (QED) is 0.647. The lowest BCUT2D eigenvalue weighted by Crippen LogP contribution is -2.54. The van der Waals surface area contributed by atoms with Gasteiger partial charge in [0.1, 0.15) is 11.4 Å². The highest BCUT2D eigenvalue weighted by molar-refractivity contribution is 6.07. The zero-order valence-electron chi connectivity index (χ0n) is 20.4. The first kappa shape index (κ1) is 24.2. The summed E-state index contributed by atoms with van der Waals surface area (Å²) < 4.78 is 18.6. The molecule has 0 saturated carbocycles. The minimum atomic E-state index is -1.02. The molecule has 3 aliphatic heterocycles. The molecule has 36 heavy (non-hydrogen) atoms. The molecule has 1 N–H and O–H groups in total. The molecule has 1 unspecified atom stereocenters. The second-order valence-electron chi connectivity index (χ2n) is 9.86. The number of nitrogens with one attached hydrogen (secondary N) is 1. The summed E-state index contributed by atoms with van der Waals surface area (Å²) in [6, 6.07) is 13.0. The molecule has 9 heteroatoms. The Bertz CT molecular complexity index is 1130. The summed E-state index contributed by atoms with van der Waals surface area (Å²) in [6.07, 6.45) is 1.23. The third-order valence-corrected chi connectivity index (χ3v) is 7.64. The van der Waals surface area contributed by atoms with Gasteiger partial charge in [-0.25, -0.2) is 9.18 Å². The fourth-order valence-corrected chi connectivity index (χ4v) is 5.39. The predicted octanol–water partition coefficient (Wildman–Crippen LogP) is 3.03. The second kappa shape index (κ2) is 9.89. The number of halogens is 1. The van der Waals surface area contributed by atoms with Crippen LogP contribution in [-0.4, -0.2) is 72.6 Å². The Morgan fingerprint density at radius 2 is 1.64 bits per heavy atom. The molecule has 3 saturated heterocycles. The Balaban J connectivity index is 1.19. The number of hydrogen-bond acceptors (Lipinski definition) is 5. The summed E-state index contributed by atoms with van der Waals surface area (Å²) in [5.74, 6) is -0.748. The van der Waals surface area contributed by atoms with Crippen molar-refractivity contribution in [3.8, 4) is 0 Å². The molecule has 190 valence electrons. The third kappa shape index (κ3) is 4.67. The van der Waals surface area contributed by atoms with Crippen molar-refractivity contribution in [1.82, 2.24) is 15.1 Å². The van der Waals surface area contributed by atoms with Gasteiger partial charge >= 0.3 is 6.03 Å². The van der Waals surface area contributed by atoms with Gasteiger partial charge in [0.2, 0.25) is 0 Å². The van der Waals surface area contributed by atoms with E-state index >= 15 is 0 Å². The monoisotopic (exact) mass is 494 g/mol. The maximum absolute atomic E-state index is 13.3. The van der Waals surface area contributed by atoms with Gasteiger partial charge in [-0.1, -0.05) is 12.1 Å². The average Bonchev–Trinajstić information content (AvgIpc) is 3.14. The summed E-state index contributed by atoms with van der Waals surface area (Å²) in [4.78, 5) is 44.3. The molecule has 0 radical (unpaired) electrons. The Hall–Kier alpha value is -3.46. The van der Waals surface area contributed by atoms with Crippen LogP contribution in [0.4, 0.5) is 14.9 Å². The Morgan fingerprint density at radius 3 is 2.28 bits per heavy atom. The predicted molar refractivity (Wildman–Crippen MR) is 132 cm³/mol. The van der Waals surface area contributed by atoms with Gasteiger partial charge in [0.25, 0.3) is 11.8 Å². The molecule has 2 aromatic rings. The van der Waals surface area contributed by atoms with Crippen molar-refractivity contribution in [2.24, 2.45) is 5.92 Å². The minimum Gasteiger partial charge on any atom is -0.378 e. The zero-order chi connectivity index (χ0) is 25.3. The van der Waals surface area contributed by atoms with E-state index in [0.717, 1.165) is 18.8 Å². The molecule has 8 nitrogen and oxygen atoms in total. The van der Waals surface area contributed by atoms with Gasteiger partial charge in [-0.3, -0.25) is 14.5 Å². The summed E-state index contributed by atoms with van der Waals surface area (Å²) in [6.45, 7) is 6.01. The van der Waals surface area contributed by atoms with Gasteiger partial charge in [0.15, 0.2) is 0 Å². The van der Waals surface area contributed by atoms with Crippen LogP contribution in [0.5, 0.6) is 0 Å². The van der Waals surface area contributed by atoms with E-state index in [0.29, 0.717) is 50.3 Å². The van der Waals surface area contributed by atoms with Crippen LogP contribution in [0.15, 0.2) is 48.5 Å². The zero-order valence-corrected chi connectivity index (χ0v) is 20.4. The average molecular weight is 495 g/mol. The number of imide groups is 1. The number of rotatable bonds is 5. The molecule has 5 rings (SSSR count). The summed E-state index contributed by atoms with van der Waals surface area (Å²) >= 11 is 0. The standard InChI is InChI=1S/C27H31FN4O4/c1-27(25(34)32(26(35)29-27)18-19-2-6-22(28)7-3-19)21-10-12-31(13-11-21)24(33)20-4-8-23(9-5-20)30-14-16-36-17-15-30/h2-9,21H,10-18H2,1H3,(H,29,35). The van der Waals surface area contributed by atoms with Gasteiger partial charge < -0.3 is 19.9 Å². The SMILES string of the molecule is CC1(C2CCN(C(=O)c3ccc(N4CCOCC4)cc3)CC2)NC(=O)N(Cc2ccc(F)cc2)C1=O. The van der Waals surface area contributed by atoms with Crippen LogP contribution in [0.3, 0.4) is 0 Å². The molecule has 0 spiro atoms. The van der Waals surface area contributed by atoms with E-state index in [9.17, 15) is 18.8 Å². The van der Waals surface area contributed by atoms with Crippen molar-refractivity contribution in [3.63, 3.8) is 0 Å². The number of morpholine rings is 1. The first-order valence-corrected chi connectivity index (χ1v) is 12.5. The number of urea groups is 1. The third-order valence-electron chi connectivity index (χ3n) is 7.64. The van der Waals surface area contributed by atoms with Crippen molar-refractivity contribution < 1.29 is 23.5 Å². The van der Waals surface area contributed by atoms with Crippen molar-refractivity contribution >= 4 is 23.5 Å². The molecule has 3 aliphatic rings. The molecule has 0 aromatic heterocycles. The van der Waals surface area contributed by atoms with Crippen molar-refractivity contribution in [1.29, 1.82) is 0 Å². The second-order valence-corrected chi connectivity index (χ2v) is 9.86. The number of carbonyl (C=O) groups excluding carboxylic acids is 3. The smallest absolute Gasteiger partial charge is 0.325 e.